The van der Waals surface area contributed by atoms with Crippen molar-refractivity contribution in [2.45, 2.75) is 210 Å². The maximum atomic E-state index is 5.78. The molecule has 1 aromatic heterocycles. The topological polar surface area (TPSA) is 25.8 Å². The lowest BCUT2D eigenvalue weighted by molar-refractivity contribution is -0.106. The third-order valence-corrected chi connectivity index (χ3v) is 21.7. The van der Waals surface area contributed by atoms with Gasteiger partial charge in [0.1, 0.15) is 0 Å². The first-order chi connectivity index (χ1) is 26.7. The second-order valence-corrected chi connectivity index (χ2v) is 25.1. The van der Waals surface area contributed by atoms with E-state index in [0.29, 0.717) is 21.7 Å². The summed E-state index contributed by atoms with van der Waals surface area (Å²) < 4.78 is 0. The lowest BCUT2D eigenvalue weighted by Crippen LogP contribution is -2.55. The molecule has 0 aliphatic heterocycles. The first-order valence-corrected chi connectivity index (χ1v) is 25.5. The van der Waals surface area contributed by atoms with Crippen molar-refractivity contribution in [3.05, 3.63) is 22.8 Å². The first kappa shape index (κ1) is 40.5. The molecule has 314 valence electrons. The van der Waals surface area contributed by atoms with Gasteiger partial charge in [0.15, 0.2) is 0 Å². The number of hydrogen-bond acceptors (Lipinski definition) is 2. The Morgan fingerprint density at radius 3 is 1.23 bits per heavy atom. The Labute approximate surface area is 346 Å². The second-order valence-electron chi connectivity index (χ2n) is 25.1. The molecule has 0 radical (unpaired) electrons. The highest BCUT2D eigenvalue weighted by molar-refractivity contribution is 5.31. The minimum atomic E-state index is 0.419. The highest BCUT2D eigenvalue weighted by atomic mass is 14.9. The summed E-state index contributed by atoms with van der Waals surface area (Å²) in [6.45, 7) is 26.0. The van der Waals surface area contributed by atoms with Crippen LogP contribution in [-0.4, -0.2) is 9.97 Å². The molecule has 0 bridgehead atoms. The largest absolute Gasteiger partial charge is 0.254 e. The summed E-state index contributed by atoms with van der Waals surface area (Å²) in [6, 6.07) is 0. The fourth-order valence-electron chi connectivity index (χ4n) is 18.7. The molecule has 2 heteroatoms. The van der Waals surface area contributed by atoms with Crippen LogP contribution in [0, 0.1) is 105 Å². The van der Waals surface area contributed by atoms with Gasteiger partial charge in [-0.25, -0.2) is 0 Å². The van der Waals surface area contributed by atoms with E-state index in [1.54, 1.807) is 0 Å². The van der Waals surface area contributed by atoms with Gasteiger partial charge in [-0.3, -0.25) is 9.97 Å². The monoisotopic (exact) mass is 765 g/mol. The molecule has 0 saturated heterocycles. The predicted molar refractivity (Wildman–Crippen MR) is 235 cm³/mol. The summed E-state index contributed by atoms with van der Waals surface area (Å²) in [7, 11) is 0. The van der Waals surface area contributed by atoms with Gasteiger partial charge in [-0.15, -0.1) is 0 Å². The van der Waals surface area contributed by atoms with E-state index in [1.165, 1.54) is 164 Å². The van der Waals surface area contributed by atoms with Crippen LogP contribution in [-0.2, 0) is 25.7 Å². The van der Waals surface area contributed by atoms with Crippen LogP contribution in [0.1, 0.15) is 208 Å². The lowest BCUT2D eigenvalue weighted by atomic mass is 9.44. The number of rotatable bonds is 10. The van der Waals surface area contributed by atoms with Crippen LogP contribution < -0.4 is 0 Å². The molecule has 9 rings (SSSR count). The summed E-state index contributed by atoms with van der Waals surface area (Å²) in [5, 5.41) is 0. The van der Waals surface area contributed by atoms with Crippen LogP contribution in [0.2, 0.25) is 0 Å². The van der Waals surface area contributed by atoms with Gasteiger partial charge in [0.05, 0.1) is 22.8 Å². The normalized spacial score (nSPS) is 46.1. The van der Waals surface area contributed by atoms with Crippen molar-refractivity contribution < 1.29 is 0 Å². The fraction of sp³-hybridized carbons (Fsp3) is 0.926. The zero-order valence-electron chi connectivity index (χ0n) is 38.5. The van der Waals surface area contributed by atoms with Gasteiger partial charge < -0.3 is 0 Å². The zero-order valence-corrected chi connectivity index (χ0v) is 38.5. The summed E-state index contributed by atoms with van der Waals surface area (Å²) >= 11 is 0. The Morgan fingerprint density at radius 1 is 0.446 bits per heavy atom. The molecule has 2 nitrogen and oxygen atoms in total. The first-order valence-electron chi connectivity index (χ1n) is 25.5. The van der Waals surface area contributed by atoms with Gasteiger partial charge in [-0.05, 0) is 207 Å². The number of nitrogens with zero attached hydrogens (tertiary/aromatic N) is 2. The molecule has 8 aliphatic carbocycles. The molecule has 0 aromatic carbocycles. The molecule has 8 aliphatic rings. The maximum absolute atomic E-state index is 5.78. The molecule has 1 heterocycles. The third-order valence-electron chi connectivity index (χ3n) is 21.7. The van der Waals surface area contributed by atoms with Crippen molar-refractivity contribution in [3.63, 3.8) is 0 Å². The zero-order chi connectivity index (χ0) is 39.4. The second kappa shape index (κ2) is 14.9. The van der Waals surface area contributed by atoms with Crippen molar-refractivity contribution in [3.8, 4) is 0 Å². The molecule has 0 amide bonds. The molecule has 6 saturated carbocycles. The number of fused-ring (bicyclic) bond motifs is 12. The van der Waals surface area contributed by atoms with Crippen LogP contribution in [0.3, 0.4) is 0 Å². The van der Waals surface area contributed by atoms with Crippen molar-refractivity contribution in [1.82, 2.24) is 9.97 Å². The average molecular weight is 765 g/mol. The number of aromatic nitrogens is 2. The lowest BCUT2D eigenvalue weighted by Gasteiger charge is -2.61. The Balaban J connectivity index is 0.893. The highest BCUT2D eigenvalue weighted by Crippen LogP contribution is 2.70. The van der Waals surface area contributed by atoms with Crippen LogP contribution >= 0.6 is 0 Å². The van der Waals surface area contributed by atoms with Crippen molar-refractivity contribution in [2.75, 3.05) is 0 Å². The standard InChI is InChI=1S/C54H88N2/c1-33(2)13-11-15-35(5)41-21-23-43-39-19-17-37-29-47-49(31-53(37,9)45(39)25-27-51(41,43)7)55-48-30-38-18-20-40-44-24-22-42(36(6)16-12-14-34(3)4)52(44,8)28-26-46(40)54(38,10)32-50(48)56-47/h33-46H,11-32H2,1-10H3/t35-,36+,37-,38-,39-,40-,41+,42+,43-,44-,45-,46-,51+,52+,53-,54-/m0/s1. The molecule has 16 atom stereocenters. The average Bonchev–Trinajstić information content (AvgIpc) is 3.68. The van der Waals surface area contributed by atoms with Crippen molar-refractivity contribution >= 4 is 0 Å². The Kier molecular flexibility index (Phi) is 10.8. The predicted octanol–water partition coefficient (Wildman–Crippen LogP) is 14.5. The van der Waals surface area contributed by atoms with Gasteiger partial charge in [0, 0.05) is 0 Å². The Bertz CT molecular complexity index is 1460. The van der Waals surface area contributed by atoms with E-state index in [0.717, 1.165) is 82.9 Å². The summed E-state index contributed by atoms with van der Waals surface area (Å²) in [5.74, 6) is 12.7. The van der Waals surface area contributed by atoms with Crippen molar-refractivity contribution in [1.29, 1.82) is 0 Å². The molecule has 0 N–H and O–H groups in total. The molecular weight excluding hydrogens is 677 g/mol. The van der Waals surface area contributed by atoms with E-state index < -0.39 is 0 Å². The van der Waals surface area contributed by atoms with E-state index in [1.807, 2.05) is 0 Å². The quantitative estimate of drug-likeness (QED) is 0.237. The highest BCUT2D eigenvalue weighted by Gasteiger charge is 2.63. The van der Waals surface area contributed by atoms with E-state index in [-0.39, 0.29) is 0 Å². The van der Waals surface area contributed by atoms with Gasteiger partial charge in [0.2, 0.25) is 0 Å². The fourth-order valence-corrected chi connectivity index (χ4v) is 18.7. The summed E-state index contributed by atoms with van der Waals surface area (Å²) in [4.78, 5) is 11.6. The van der Waals surface area contributed by atoms with E-state index in [9.17, 15) is 0 Å². The minimum absolute atomic E-state index is 0.419. The third kappa shape index (κ3) is 6.48. The molecular formula is C54H88N2. The molecule has 0 unspecified atom stereocenters. The van der Waals surface area contributed by atoms with Crippen LogP contribution in [0.15, 0.2) is 0 Å². The van der Waals surface area contributed by atoms with E-state index in [4.69, 9.17) is 9.97 Å². The molecule has 1 aromatic rings. The van der Waals surface area contributed by atoms with E-state index >= 15 is 0 Å². The Morgan fingerprint density at radius 2 is 0.839 bits per heavy atom. The molecule has 56 heavy (non-hydrogen) atoms. The molecule has 6 fully saturated rings. The van der Waals surface area contributed by atoms with Gasteiger partial charge >= 0.3 is 0 Å². The summed E-state index contributed by atoms with van der Waals surface area (Å²) in [5.41, 5.74) is 7.79. The SMILES string of the molecule is CC(C)CCC[C@@H](C)[C@H]1CC[C@H]2[C@@H]3CC[C@H]4Cc5nc6c(nc5C[C@]4(C)[C@H]3CC[C@]12C)C[C@@H]1CC[C@@H]2[C@H](CC[C@]3(C)[C@@H]([C@@H](C)CCCC(C)C)CC[C@@H]23)[C@@]1(C)C6. The van der Waals surface area contributed by atoms with Crippen LogP contribution in [0.4, 0.5) is 0 Å². The smallest absolute Gasteiger partial charge is 0.0628 e. The van der Waals surface area contributed by atoms with Gasteiger partial charge in [-0.2, -0.15) is 0 Å². The van der Waals surface area contributed by atoms with Crippen LogP contribution in [0.5, 0.6) is 0 Å². The van der Waals surface area contributed by atoms with Crippen molar-refractivity contribution in [2.24, 2.45) is 105 Å². The van der Waals surface area contributed by atoms with Gasteiger partial charge in [0.25, 0.3) is 0 Å². The number of hydrogen-bond donors (Lipinski definition) is 0. The van der Waals surface area contributed by atoms with Gasteiger partial charge in [-0.1, -0.05) is 108 Å². The summed E-state index contributed by atoms with van der Waals surface area (Å²) in [6.07, 6.45) is 31.3. The molecule has 0 spiro atoms. The van der Waals surface area contributed by atoms with E-state index in [2.05, 4.69) is 69.2 Å². The van der Waals surface area contributed by atoms with Crippen LogP contribution in [0.25, 0.3) is 0 Å². The maximum Gasteiger partial charge on any atom is 0.0628 e. The minimum Gasteiger partial charge on any atom is -0.254 e. The Hall–Kier alpha value is -0.920.